The molecule has 174 valence electrons. The number of aliphatic hydroxyl groups is 1. The first-order valence-electron chi connectivity index (χ1n) is 10.9. The van der Waals surface area contributed by atoms with Crippen LogP contribution in [0.4, 0.5) is 0 Å². The van der Waals surface area contributed by atoms with Crippen molar-refractivity contribution >= 4 is 10.0 Å². The number of sulfonamides is 1. The van der Waals surface area contributed by atoms with Gasteiger partial charge in [-0.05, 0) is 42.3 Å². The minimum Gasteiger partial charge on any atom is -0.497 e. The first-order valence-corrected chi connectivity index (χ1v) is 12.4. The average molecular weight is 468 g/mol. The maximum atomic E-state index is 13.6. The van der Waals surface area contributed by atoms with Gasteiger partial charge >= 0.3 is 0 Å². The second-order valence-corrected chi connectivity index (χ2v) is 10.2. The smallest absolute Gasteiger partial charge is 0.243 e. The van der Waals surface area contributed by atoms with Gasteiger partial charge in [-0.25, -0.2) is 8.42 Å². The monoisotopic (exact) mass is 467 g/mol. The summed E-state index contributed by atoms with van der Waals surface area (Å²) in [4.78, 5) is 0.212. The Morgan fingerprint density at radius 3 is 2.27 bits per heavy atom. The fraction of sp³-hybridized carbons (Fsp3) is 0.308. The third-order valence-corrected chi connectivity index (χ3v) is 8.03. The predicted molar refractivity (Wildman–Crippen MR) is 127 cm³/mol. The summed E-state index contributed by atoms with van der Waals surface area (Å²) < 4.78 is 39.6. The molecule has 0 amide bonds. The van der Waals surface area contributed by atoms with E-state index >= 15 is 0 Å². The predicted octanol–water partition coefficient (Wildman–Crippen LogP) is 3.74. The van der Waals surface area contributed by atoms with Gasteiger partial charge in [0, 0.05) is 12.5 Å². The van der Waals surface area contributed by atoms with Crippen molar-refractivity contribution in [1.29, 1.82) is 0 Å². The lowest BCUT2D eigenvalue weighted by molar-refractivity contribution is 0.0393. The van der Waals surface area contributed by atoms with Crippen LogP contribution in [0.1, 0.15) is 22.6 Å². The van der Waals surface area contributed by atoms with E-state index < -0.39 is 22.2 Å². The number of benzene rings is 3. The Kier molecular flexibility index (Phi) is 7.14. The van der Waals surface area contributed by atoms with E-state index in [0.29, 0.717) is 12.4 Å². The molecule has 0 bridgehead atoms. The molecule has 0 saturated carbocycles. The molecule has 1 saturated heterocycles. The molecular formula is C26H29NO5S. The quantitative estimate of drug-likeness (QED) is 0.546. The number of methoxy groups -OCH3 is 1. The Balaban J connectivity index is 1.60. The topological polar surface area (TPSA) is 76.1 Å². The van der Waals surface area contributed by atoms with Crippen molar-refractivity contribution in [3.63, 3.8) is 0 Å². The largest absolute Gasteiger partial charge is 0.497 e. The molecule has 7 heteroatoms. The van der Waals surface area contributed by atoms with Gasteiger partial charge in [0.05, 0.1) is 37.4 Å². The summed E-state index contributed by atoms with van der Waals surface area (Å²) in [6, 6.07) is 23.1. The van der Waals surface area contributed by atoms with Crippen LogP contribution in [0.15, 0.2) is 83.8 Å². The van der Waals surface area contributed by atoms with E-state index in [4.69, 9.17) is 9.47 Å². The number of ether oxygens (including phenoxy) is 2. The molecule has 3 aromatic rings. The lowest BCUT2D eigenvalue weighted by Gasteiger charge is -2.25. The van der Waals surface area contributed by atoms with Gasteiger partial charge in [0.25, 0.3) is 0 Å². The molecule has 3 aromatic carbocycles. The second kappa shape index (κ2) is 10.1. The van der Waals surface area contributed by atoms with Crippen molar-refractivity contribution in [1.82, 2.24) is 4.31 Å². The van der Waals surface area contributed by atoms with Crippen molar-refractivity contribution in [2.24, 2.45) is 0 Å². The Morgan fingerprint density at radius 1 is 0.970 bits per heavy atom. The van der Waals surface area contributed by atoms with Crippen LogP contribution in [0.25, 0.3) is 0 Å². The van der Waals surface area contributed by atoms with Crippen LogP contribution < -0.4 is 4.74 Å². The first kappa shape index (κ1) is 23.4. The highest BCUT2D eigenvalue weighted by molar-refractivity contribution is 7.89. The van der Waals surface area contributed by atoms with Crippen molar-refractivity contribution in [3.8, 4) is 5.75 Å². The summed E-state index contributed by atoms with van der Waals surface area (Å²) in [7, 11) is -2.23. The number of nitrogens with zero attached hydrogens (tertiary/aromatic N) is 1. The minimum atomic E-state index is -3.82. The molecule has 6 nitrogen and oxygen atoms in total. The highest BCUT2D eigenvalue weighted by Crippen LogP contribution is 2.37. The molecule has 4 rings (SSSR count). The van der Waals surface area contributed by atoms with Gasteiger partial charge in [-0.1, -0.05) is 60.2 Å². The number of aryl methyl sites for hydroxylation is 1. The van der Waals surface area contributed by atoms with E-state index in [-0.39, 0.29) is 24.0 Å². The Morgan fingerprint density at radius 2 is 1.64 bits per heavy atom. The molecule has 0 aromatic heterocycles. The van der Waals surface area contributed by atoms with Crippen molar-refractivity contribution in [2.45, 2.75) is 36.5 Å². The lowest BCUT2D eigenvalue weighted by Crippen LogP contribution is -2.42. The molecule has 0 aliphatic carbocycles. The average Bonchev–Trinajstić information content (AvgIpc) is 3.17. The molecule has 1 aliphatic heterocycles. The molecular weight excluding hydrogens is 438 g/mol. The highest BCUT2D eigenvalue weighted by Gasteiger charge is 2.47. The van der Waals surface area contributed by atoms with Crippen LogP contribution in [0.3, 0.4) is 0 Å². The third-order valence-electron chi connectivity index (χ3n) is 6.12. The highest BCUT2D eigenvalue weighted by atomic mass is 32.2. The SMILES string of the molecule is COc1ccc([C@H]2CN(S(=O)(=O)c3ccc(C)cc3)[C@H](COCc3ccccc3)[C@H]2O)cc1. The Bertz CT molecular complexity index is 1150. The van der Waals surface area contributed by atoms with E-state index in [0.717, 1.165) is 16.7 Å². The van der Waals surface area contributed by atoms with Gasteiger partial charge in [0.15, 0.2) is 0 Å². The lowest BCUT2D eigenvalue weighted by atomic mass is 9.93. The molecule has 0 unspecified atom stereocenters. The fourth-order valence-electron chi connectivity index (χ4n) is 4.20. The second-order valence-electron chi connectivity index (χ2n) is 8.33. The molecule has 3 atom stereocenters. The van der Waals surface area contributed by atoms with E-state index in [1.807, 2.05) is 61.5 Å². The summed E-state index contributed by atoms with van der Waals surface area (Å²) in [5.41, 5.74) is 2.83. The zero-order valence-electron chi connectivity index (χ0n) is 18.8. The number of hydrogen-bond acceptors (Lipinski definition) is 5. The summed E-state index contributed by atoms with van der Waals surface area (Å²) in [6.07, 6.45) is -0.908. The summed E-state index contributed by atoms with van der Waals surface area (Å²) in [5, 5.41) is 11.2. The number of aliphatic hydroxyl groups excluding tert-OH is 1. The number of rotatable bonds is 8. The summed E-state index contributed by atoms with van der Waals surface area (Å²) in [5.74, 6) is 0.333. The molecule has 1 aliphatic rings. The van der Waals surface area contributed by atoms with Crippen LogP contribution in [0.5, 0.6) is 5.75 Å². The minimum absolute atomic E-state index is 0.0911. The van der Waals surface area contributed by atoms with Crippen LogP contribution in [-0.4, -0.2) is 50.2 Å². The molecule has 1 N–H and O–H groups in total. The van der Waals surface area contributed by atoms with Crippen LogP contribution >= 0.6 is 0 Å². The van der Waals surface area contributed by atoms with Gasteiger partial charge in [0.1, 0.15) is 5.75 Å². The van der Waals surface area contributed by atoms with E-state index in [1.165, 1.54) is 4.31 Å². The van der Waals surface area contributed by atoms with Gasteiger partial charge < -0.3 is 14.6 Å². The fourth-order valence-corrected chi connectivity index (χ4v) is 5.85. The van der Waals surface area contributed by atoms with Gasteiger partial charge in [-0.15, -0.1) is 0 Å². The normalized spacial score (nSPS) is 21.2. The van der Waals surface area contributed by atoms with Crippen LogP contribution in [-0.2, 0) is 21.4 Å². The third kappa shape index (κ3) is 5.12. The number of hydrogen-bond donors (Lipinski definition) is 1. The van der Waals surface area contributed by atoms with Gasteiger partial charge in [-0.3, -0.25) is 0 Å². The van der Waals surface area contributed by atoms with Crippen LogP contribution in [0.2, 0.25) is 0 Å². The first-order chi connectivity index (χ1) is 15.9. The summed E-state index contributed by atoms with van der Waals surface area (Å²) in [6.45, 7) is 2.52. The summed E-state index contributed by atoms with van der Waals surface area (Å²) >= 11 is 0. The molecule has 33 heavy (non-hydrogen) atoms. The van der Waals surface area contributed by atoms with Gasteiger partial charge in [-0.2, -0.15) is 4.31 Å². The Labute approximate surface area is 195 Å². The standard InChI is InChI=1S/C26H29NO5S/c1-19-8-14-23(15-9-19)33(29,30)27-16-24(21-10-12-22(31-2)13-11-21)26(28)25(27)18-32-17-20-6-4-3-5-7-20/h3-15,24-26,28H,16-18H2,1-2H3/t24-,25-,26+/m1/s1. The molecule has 1 heterocycles. The zero-order chi connectivity index (χ0) is 23.4. The molecule has 1 fully saturated rings. The van der Waals surface area contributed by atoms with Crippen LogP contribution in [0, 0.1) is 6.92 Å². The van der Waals surface area contributed by atoms with E-state index in [9.17, 15) is 13.5 Å². The Hall–Kier alpha value is -2.71. The van der Waals surface area contributed by atoms with E-state index in [2.05, 4.69) is 0 Å². The van der Waals surface area contributed by atoms with E-state index in [1.54, 1.807) is 31.4 Å². The van der Waals surface area contributed by atoms with Gasteiger partial charge in [0.2, 0.25) is 10.0 Å². The molecule has 0 spiro atoms. The zero-order valence-corrected chi connectivity index (χ0v) is 19.6. The molecule has 0 radical (unpaired) electrons. The van der Waals surface area contributed by atoms with Crippen molar-refractivity contribution < 1.29 is 23.0 Å². The van der Waals surface area contributed by atoms with Crippen molar-refractivity contribution in [3.05, 3.63) is 95.6 Å². The maximum Gasteiger partial charge on any atom is 0.243 e. The maximum absolute atomic E-state index is 13.6. The van der Waals surface area contributed by atoms with Crippen molar-refractivity contribution in [2.75, 3.05) is 20.3 Å².